The van der Waals surface area contributed by atoms with E-state index in [1.54, 1.807) is 15.8 Å². The zero-order valence-electron chi connectivity index (χ0n) is 16.3. The van der Waals surface area contributed by atoms with Crippen LogP contribution in [0, 0.1) is 6.92 Å². The molecule has 144 valence electrons. The molecule has 1 aromatic carbocycles. The molecule has 4 rings (SSSR count). The van der Waals surface area contributed by atoms with E-state index in [2.05, 4.69) is 10.4 Å². The van der Waals surface area contributed by atoms with Gasteiger partial charge < -0.3 is 10.2 Å². The Hall–Kier alpha value is -3.22. The van der Waals surface area contributed by atoms with Gasteiger partial charge in [0.25, 0.3) is 5.91 Å². The molecule has 1 saturated heterocycles. The minimum atomic E-state index is -0.447. The van der Waals surface area contributed by atoms with Crippen molar-refractivity contribution in [1.29, 1.82) is 0 Å². The summed E-state index contributed by atoms with van der Waals surface area (Å²) in [5.41, 5.74) is 3.90. The lowest BCUT2D eigenvalue weighted by molar-refractivity contribution is -0.127. The van der Waals surface area contributed by atoms with Crippen LogP contribution in [0.4, 0.5) is 0 Å². The number of nitrogens with one attached hydrogen (secondary N) is 1. The minimum absolute atomic E-state index is 0.0937. The van der Waals surface area contributed by atoms with Crippen molar-refractivity contribution in [3.8, 4) is 11.3 Å². The Balaban J connectivity index is 1.87. The normalized spacial score (nSPS) is 17.0. The van der Waals surface area contributed by atoms with Crippen LogP contribution in [0.25, 0.3) is 22.2 Å². The first-order chi connectivity index (χ1) is 13.5. The average Bonchev–Trinajstić information content (AvgIpc) is 3.05. The number of rotatable bonds is 3. The van der Waals surface area contributed by atoms with E-state index < -0.39 is 6.04 Å². The van der Waals surface area contributed by atoms with Gasteiger partial charge in [-0.25, -0.2) is 4.98 Å². The highest BCUT2D eigenvalue weighted by atomic mass is 16.2. The number of fused-ring (bicyclic) bond motifs is 1. The van der Waals surface area contributed by atoms with E-state index in [1.165, 1.54) is 0 Å². The van der Waals surface area contributed by atoms with Crippen LogP contribution in [0.1, 0.15) is 29.4 Å². The number of carbonyl (C=O) groups excluding carboxylic acids is 2. The van der Waals surface area contributed by atoms with Gasteiger partial charge in [0.1, 0.15) is 6.04 Å². The van der Waals surface area contributed by atoms with E-state index in [1.807, 2.05) is 51.2 Å². The third kappa shape index (κ3) is 2.93. The minimum Gasteiger partial charge on any atom is -0.353 e. The van der Waals surface area contributed by atoms with Crippen LogP contribution in [-0.4, -0.2) is 50.6 Å². The fraction of sp³-hybridized carbons (Fsp3) is 0.333. The van der Waals surface area contributed by atoms with Crippen LogP contribution in [0.3, 0.4) is 0 Å². The summed E-state index contributed by atoms with van der Waals surface area (Å²) >= 11 is 0. The molecule has 0 spiro atoms. The van der Waals surface area contributed by atoms with Crippen molar-refractivity contribution in [3.63, 3.8) is 0 Å². The molecule has 1 aliphatic heterocycles. The molecule has 3 heterocycles. The number of carbonyl (C=O) groups is 2. The van der Waals surface area contributed by atoms with Crippen molar-refractivity contribution < 1.29 is 9.59 Å². The molecule has 1 unspecified atom stereocenters. The zero-order valence-corrected chi connectivity index (χ0v) is 16.3. The Labute approximate surface area is 163 Å². The van der Waals surface area contributed by atoms with Crippen molar-refractivity contribution in [1.82, 2.24) is 25.0 Å². The SMILES string of the molecule is CCC1C(=O)NCCN1C(=O)c1cc(-c2cnn(C)c2C)nc2ccccc12. The summed E-state index contributed by atoms with van der Waals surface area (Å²) in [5, 5.41) is 7.94. The third-order valence-corrected chi connectivity index (χ3v) is 5.44. The summed E-state index contributed by atoms with van der Waals surface area (Å²) in [5.74, 6) is -0.230. The number of nitrogens with zero attached hydrogens (tertiary/aromatic N) is 4. The highest BCUT2D eigenvalue weighted by Gasteiger charge is 2.33. The standard InChI is InChI=1S/C21H23N5O2/c1-4-19-20(27)22-9-10-26(19)21(28)15-11-18(16-12-23-25(3)13(16)2)24-17-8-6-5-7-14(15)17/h5-8,11-12,19H,4,9-10H2,1-3H3,(H,22,27). The maximum absolute atomic E-state index is 13.5. The molecule has 28 heavy (non-hydrogen) atoms. The number of hydrogen-bond acceptors (Lipinski definition) is 4. The Bertz CT molecular complexity index is 1070. The van der Waals surface area contributed by atoms with E-state index in [0.717, 1.165) is 22.2 Å². The lowest BCUT2D eigenvalue weighted by Gasteiger charge is -2.34. The van der Waals surface area contributed by atoms with Gasteiger partial charge in [0, 0.05) is 36.8 Å². The Kier molecular flexibility index (Phi) is 4.58. The summed E-state index contributed by atoms with van der Waals surface area (Å²) < 4.78 is 1.79. The molecule has 1 fully saturated rings. The molecule has 1 N–H and O–H groups in total. The molecule has 1 aliphatic rings. The molecule has 2 amide bonds. The Morgan fingerprint density at radius 3 is 2.82 bits per heavy atom. The molecule has 2 aromatic heterocycles. The Morgan fingerprint density at radius 2 is 2.11 bits per heavy atom. The molecule has 0 bridgehead atoms. The summed E-state index contributed by atoms with van der Waals surface area (Å²) in [7, 11) is 1.88. The number of hydrogen-bond donors (Lipinski definition) is 1. The molecule has 0 radical (unpaired) electrons. The predicted octanol–water partition coefficient (Wildman–Crippen LogP) is 2.29. The first kappa shape index (κ1) is 18.2. The second-order valence-electron chi connectivity index (χ2n) is 7.05. The largest absolute Gasteiger partial charge is 0.353 e. The second kappa shape index (κ2) is 7.07. The van der Waals surface area contributed by atoms with Gasteiger partial charge in [-0.1, -0.05) is 25.1 Å². The van der Waals surface area contributed by atoms with Crippen molar-refractivity contribution >= 4 is 22.7 Å². The maximum Gasteiger partial charge on any atom is 0.255 e. The topological polar surface area (TPSA) is 80.1 Å². The van der Waals surface area contributed by atoms with Crippen molar-refractivity contribution in [2.75, 3.05) is 13.1 Å². The summed E-state index contributed by atoms with van der Waals surface area (Å²) in [6.07, 6.45) is 2.35. The third-order valence-electron chi connectivity index (χ3n) is 5.44. The van der Waals surface area contributed by atoms with Crippen LogP contribution in [0.15, 0.2) is 36.5 Å². The summed E-state index contributed by atoms with van der Waals surface area (Å²) in [6, 6.07) is 9.00. The van der Waals surface area contributed by atoms with E-state index in [0.29, 0.717) is 30.8 Å². The van der Waals surface area contributed by atoms with Gasteiger partial charge in [-0.15, -0.1) is 0 Å². The van der Waals surface area contributed by atoms with Gasteiger partial charge in [-0.3, -0.25) is 14.3 Å². The molecule has 0 saturated carbocycles. The molecule has 1 atom stereocenters. The van der Waals surface area contributed by atoms with Crippen LogP contribution >= 0.6 is 0 Å². The first-order valence-electron chi connectivity index (χ1n) is 9.48. The number of pyridine rings is 1. The lowest BCUT2D eigenvalue weighted by Crippen LogP contribution is -2.56. The number of para-hydroxylation sites is 1. The van der Waals surface area contributed by atoms with Crippen LogP contribution < -0.4 is 5.32 Å². The molecule has 7 nitrogen and oxygen atoms in total. The predicted molar refractivity (Wildman–Crippen MR) is 107 cm³/mol. The van der Waals surface area contributed by atoms with E-state index in [-0.39, 0.29) is 11.8 Å². The highest BCUT2D eigenvalue weighted by Crippen LogP contribution is 2.28. The molecule has 7 heteroatoms. The van der Waals surface area contributed by atoms with E-state index >= 15 is 0 Å². The molecule has 0 aliphatic carbocycles. The van der Waals surface area contributed by atoms with Gasteiger partial charge in [0.15, 0.2) is 0 Å². The van der Waals surface area contributed by atoms with E-state index in [9.17, 15) is 9.59 Å². The van der Waals surface area contributed by atoms with Gasteiger partial charge in [0.05, 0.1) is 23.0 Å². The van der Waals surface area contributed by atoms with Gasteiger partial charge >= 0.3 is 0 Å². The van der Waals surface area contributed by atoms with Gasteiger partial charge in [0.2, 0.25) is 5.91 Å². The van der Waals surface area contributed by atoms with Gasteiger partial charge in [-0.2, -0.15) is 5.10 Å². The lowest BCUT2D eigenvalue weighted by atomic mass is 10.0. The Morgan fingerprint density at radius 1 is 1.32 bits per heavy atom. The van der Waals surface area contributed by atoms with Crippen molar-refractivity contribution in [3.05, 3.63) is 47.8 Å². The van der Waals surface area contributed by atoms with Gasteiger partial charge in [-0.05, 0) is 25.5 Å². The van der Waals surface area contributed by atoms with Crippen molar-refractivity contribution in [2.45, 2.75) is 26.3 Å². The fourth-order valence-corrected chi connectivity index (χ4v) is 3.76. The number of benzene rings is 1. The summed E-state index contributed by atoms with van der Waals surface area (Å²) in [4.78, 5) is 32.2. The second-order valence-corrected chi connectivity index (χ2v) is 7.05. The maximum atomic E-state index is 13.5. The molecular formula is C21H23N5O2. The quantitative estimate of drug-likeness (QED) is 0.759. The highest BCUT2D eigenvalue weighted by molar-refractivity contribution is 6.08. The average molecular weight is 377 g/mol. The number of amides is 2. The molecular weight excluding hydrogens is 354 g/mol. The summed E-state index contributed by atoms with van der Waals surface area (Å²) in [6.45, 7) is 4.87. The number of aryl methyl sites for hydroxylation is 1. The smallest absolute Gasteiger partial charge is 0.255 e. The van der Waals surface area contributed by atoms with Crippen LogP contribution in [-0.2, 0) is 11.8 Å². The van der Waals surface area contributed by atoms with Crippen molar-refractivity contribution in [2.24, 2.45) is 7.05 Å². The van der Waals surface area contributed by atoms with Crippen LogP contribution in [0.5, 0.6) is 0 Å². The van der Waals surface area contributed by atoms with E-state index in [4.69, 9.17) is 4.98 Å². The zero-order chi connectivity index (χ0) is 19.8. The first-order valence-corrected chi connectivity index (χ1v) is 9.48. The fourth-order valence-electron chi connectivity index (χ4n) is 3.76. The monoisotopic (exact) mass is 377 g/mol. The molecule has 3 aromatic rings. The number of aromatic nitrogens is 3. The number of piperazine rings is 1. The van der Waals surface area contributed by atoms with Crippen LogP contribution in [0.2, 0.25) is 0 Å².